The summed E-state index contributed by atoms with van der Waals surface area (Å²) >= 11 is 0. The molecule has 0 unspecified atom stereocenters. The molecule has 0 aromatic heterocycles. The zero-order chi connectivity index (χ0) is 6.57. The molecule has 0 atom stereocenters. The van der Waals surface area contributed by atoms with Crippen molar-refractivity contribution in [1.29, 1.82) is 0 Å². The third-order valence-electron chi connectivity index (χ3n) is 0.753. The fourth-order valence-corrected chi connectivity index (χ4v) is 0.266. The maximum absolute atomic E-state index is 10.0. The summed E-state index contributed by atoms with van der Waals surface area (Å²) in [6.45, 7) is 3.59. The van der Waals surface area contributed by atoms with Crippen LogP contribution in [0.5, 0.6) is 0 Å². The van der Waals surface area contributed by atoms with Crippen molar-refractivity contribution >= 4 is 6.03 Å². The first-order valence-electron chi connectivity index (χ1n) is 2.36. The van der Waals surface area contributed by atoms with Gasteiger partial charge in [-0.1, -0.05) is 6.08 Å². The lowest BCUT2D eigenvalue weighted by atomic mass is 10.5. The molecule has 46 valence electrons. The van der Waals surface area contributed by atoms with Crippen molar-refractivity contribution in [2.75, 3.05) is 0 Å². The van der Waals surface area contributed by atoms with E-state index in [1.165, 1.54) is 0 Å². The van der Waals surface area contributed by atoms with Crippen LogP contribution in [0.15, 0.2) is 11.8 Å². The Balaban J connectivity index is 3.56. The van der Waals surface area contributed by atoms with E-state index in [2.05, 4.69) is 5.32 Å². The van der Waals surface area contributed by atoms with Gasteiger partial charge in [-0.05, 0) is 13.8 Å². The second-order valence-corrected chi connectivity index (χ2v) is 1.46. The standard InChI is InChI=1S/C5H10N2O/c1-3-4(2)7-5(6)8/h3H,1-2H3,(H3,6,7,8). The predicted octanol–water partition coefficient (Wildman–Crippen LogP) is 0.578. The molecule has 0 aliphatic carbocycles. The molecule has 0 saturated heterocycles. The first kappa shape index (κ1) is 7.01. The minimum absolute atomic E-state index is 0.513. The average molecular weight is 114 g/mol. The van der Waals surface area contributed by atoms with E-state index in [0.29, 0.717) is 0 Å². The number of carbonyl (C=O) groups excluding carboxylic acids is 1. The molecule has 0 spiro atoms. The van der Waals surface area contributed by atoms with E-state index >= 15 is 0 Å². The Labute approximate surface area is 48.6 Å². The van der Waals surface area contributed by atoms with Crippen LogP contribution in [0, 0.1) is 0 Å². The first-order chi connectivity index (χ1) is 3.66. The first-order valence-corrected chi connectivity index (χ1v) is 2.36. The SMILES string of the molecule is CC=C(C)NC(N)=O. The summed E-state index contributed by atoms with van der Waals surface area (Å²) in [4.78, 5) is 10.0. The molecule has 8 heavy (non-hydrogen) atoms. The van der Waals surface area contributed by atoms with Crippen molar-refractivity contribution in [2.45, 2.75) is 13.8 Å². The van der Waals surface area contributed by atoms with Crippen LogP contribution in [0.2, 0.25) is 0 Å². The van der Waals surface area contributed by atoms with Gasteiger partial charge < -0.3 is 11.1 Å². The highest BCUT2D eigenvalue weighted by Crippen LogP contribution is 1.81. The molecule has 3 heteroatoms. The summed E-state index contributed by atoms with van der Waals surface area (Å²) in [5, 5.41) is 2.39. The van der Waals surface area contributed by atoms with Crippen LogP contribution < -0.4 is 11.1 Å². The summed E-state index contributed by atoms with van der Waals surface area (Å²) in [7, 11) is 0. The van der Waals surface area contributed by atoms with Gasteiger partial charge in [-0.3, -0.25) is 0 Å². The number of nitrogens with two attached hydrogens (primary N) is 1. The van der Waals surface area contributed by atoms with E-state index in [9.17, 15) is 4.79 Å². The van der Waals surface area contributed by atoms with Crippen molar-refractivity contribution in [1.82, 2.24) is 5.32 Å². The zero-order valence-corrected chi connectivity index (χ0v) is 5.06. The number of urea groups is 1. The Morgan fingerprint density at radius 1 is 1.75 bits per heavy atom. The van der Waals surface area contributed by atoms with Gasteiger partial charge in [-0.2, -0.15) is 0 Å². The molecule has 0 saturated carbocycles. The number of nitrogens with one attached hydrogen (secondary N) is 1. The van der Waals surface area contributed by atoms with E-state index in [0.717, 1.165) is 5.70 Å². The number of allylic oxidation sites excluding steroid dienone is 2. The molecule has 0 heterocycles. The monoisotopic (exact) mass is 114 g/mol. The topological polar surface area (TPSA) is 55.1 Å². The molecule has 0 radical (unpaired) electrons. The maximum atomic E-state index is 10.0. The van der Waals surface area contributed by atoms with Gasteiger partial charge in [0.05, 0.1) is 0 Å². The van der Waals surface area contributed by atoms with Crippen molar-refractivity contribution in [3.63, 3.8) is 0 Å². The Hall–Kier alpha value is -0.990. The smallest absolute Gasteiger partial charge is 0.316 e. The van der Waals surface area contributed by atoms with E-state index in [-0.39, 0.29) is 0 Å². The van der Waals surface area contributed by atoms with Gasteiger partial charge in [0.15, 0.2) is 0 Å². The highest BCUT2D eigenvalue weighted by atomic mass is 16.2. The van der Waals surface area contributed by atoms with Crippen LogP contribution in [-0.2, 0) is 0 Å². The molecule has 0 rings (SSSR count). The molecule has 0 aliphatic rings. The van der Waals surface area contributed by atoms with Gasteiger partial charge in [-0.15, -0.1) is 0 Å². The lowest BCUT2D eigenvalue weighted by Gasteiger charge is -1.96. The van der Waals surface area contributed by atoms with Gasteiger partial charge >= 0.3 is 6.03 Å². The van der Waals surface area contributed by atoms with Gasteiger partial charge in [0.2, 0.25) is 0 Å². The number of carbonyl (C=O) groups is 1. The minimum Gasteiger partial charge on any atom is -0.351 e. The summed E-state index contributed by atoms with van der Waals surface area (Å²) in [5.74, 6) is 0. The van der Waals surface area contributed by atoms with E-state index in [1.54, 1.807) is 13.0 Å². The number of hydrogen-bond donors (Lipinski definition) is 2. The molecular formula is C5H10N2O. The molecule has 0 fully saturated rings. The van der Waals surface area contributed by atoms with Gasteiger partial charge in [0, 0.05) is 5.70 Å². The predicted molar refractivity (Wildman–Crippen MR) is 32.2 cm³/mol. The molecule has 3 nitrogen and oxygen atoms in total. The number of amides is 2. The van der Waals surface area contributed by atoms with E-state index < -0.39 is 6.03 Å². The van der Waals surface area contributed by atoms with E-state index in [1.807, 2.05) is 6.92 Å². The van der Waals surface area contributed by atoms with Crippen molar-refractivity contribution in [2.24, 2.45) is 5.73 Å². The van der Waals surface area contributed by atoms with Crippen LogP contribution in [-0.4, -0.2) is 6.03 Å². The fraction of sp³-hybridized carbons (Fsp3) is 0.400. The van der Waals surface area contributed by atoms with Crippen LogP contribution in [0.4, 0.5) is 4.79 Å². The highest BCUT2D eigenvalue weighted by Gasteiger charge is 1.87. The quantitative estimate of drug-likeness (QED) is 0.514. The van der Waals surface area contributed by atoms with Crippen molar-refractivity contribution < 1.29 is 4.79 Å². The van der Waals surface area contributed by atoms with Crippen molar-refractivity contribution in [3.8, 4) is 0 Å². The average Bonchev–Trinajstić information content (AvgIpc) is 1.65. The number of rotatable bonds is 1. The number of hydrogen-bond acceptors (Lipinski definition) is 1. The molecule has 0 aromatic rings. The second kappa shape index (κ2) is 3.07. The lowest BCUT2D eigenvalue weighted by molar-refractivity contribution is 0.251. The summed E-state index contributed by atoms with van der Waals surface area (Å²) < 4.78 is 0. The largest absolute Gasteiger partial charge is 0.351 e. The lowest BCUT2D eigenvalue weighted by Crippen LogP contribution is -2.27. The molecule has 2 amide bonds. The summed E-state index contributed by atoms with van der Waals surface area (Å²) in [6, 6.07) is -0.513. The van der Waals surface area contributed by atoms with Crippen LogP contribution in [0.1, 0.15) is 13.8 Å². The van der Waals surface area contributed by atoms with Gasteiger partial charge in [0.1, 0.15) is 0 Å². The normalized spacial score (nSPS) is 11.0. The molecule has 0 aliphatic heterocycles. The van der Waals surface area contributed by atoms with Crippen LogP contribution >= 0.6 is 0 Å². The Morgan fingerprint density at radius 3 is 2.38 bits per heavy atom. The molecule has 0 bridgehead atoms. The maximum Gasteiger partial charge on any atom is 0.316 e. The second-order valence-electron chi connectivity index (χ2n) is 1.46. The summed E-state index contributed by atoms with van der Waals surface area (Å²) in [5.41, 5.74) is 5.55. The third kappa shape index (κ3) is 3.21. The Morgan fingerprint density at radius 2 is 2.25 bits per heavy atom. The van der Waals surface area contributed by atoms with Crippen molar-refractivity contribution in [3.05, 3.63) is 11.8 Å². The number of primary amides is 1. The van der Waals surface area contributed by atoms with Gasteiger partial charge in [0.25, 0.3) is 0 Å². The molecule has 0 aromatic carbocycles. The van der Waals surface area contributed by atoms with Gasteiger partial charge in [-0.25, -0.2) is 4.79 Å². The van der Waals surface area contributed by atoms with E-state index in [4.69, 9.17) is 5.73 Å². The minimum atomic E-state index is -0.513. The Bertz CT molecular complexity index is 118. The molecular weight excluding hydrogens is 104 g/mol. The fourth-order valence-electron chi connectivity index (χ4n) is 0.266. The van der Waals surface area contributed by atoms with Crippen LogP contribution in [0.3, 0.4) is 0 Å². The van der Waals surface area contributed by atoms with Crippen LogP contribution in [0.25, 0.3) is 0 Å². The third-order valence-corrected chi connectivity index (χ3v) is 0.753. The molecule has 3 N–H and O–H groups in total. The Kier molecular flexibility index (Phi) is 2.69. The highest BCUT2D eigenvalue weighted by molar-refractivity contribution is 5.73. The zero-order valence-electron chi connectivity index (χ0n) is 5.06. The summed E-state index contributed by atoms with van der Waals surface area (Å²) in [6.07, 6.45) is 1.77.